The Balaban J connectivity index is 1.74. The van der Waals surface area contributed by atoms with Crippen LogP contribution in [0.5, 0.6) is 5.75 Å². The van der Waals surface area contributed by atoms with Crippen LogP contribution in [0.1, 0.15) is 16.8 Å². The molecule has 0 spiro atoms. The van der Waals surface area contributed by atoms with Gasteiger partial charge in [-0.25, -0.2) is 4.39 Å². The molecular formula is C16H14ClFN2O3. The normalized spacial score (nSPS) is 10.0. The predicted molar refractivity (Wildman–Crippen MR) is 83.6 cm³/mol. The lowest BCUT2D eigenvalue weighted by Gasteiger charge is -2.09. The van der Waals surface area contributed by atoms with Gasteiger partial charge < -0.3 is 4.74 Å². The third kappa shape index (κ3) is 4.96. The SMILES string of the molecule is O=C(CCOc1ccccc1F)NNC(=O)c1ccccc1Cl. The zero-order valence-corrected chi connectivity index (χ0v) is 12.8. The van der Waals surface area contributed by atoms with Gasteiger partial charge in [0.25, 0.3) is 5.91 Å². The standard InChI is InChI=1S/C16H14ClFN2O3/c17-12-6-2-1-5-11(12)16(22)20-19-15(21)9-10-23-14-8-4-3-7-13(14)18/h1-8H,9-10H2,(H,19,21)(H,20,22). The third-order valence-corrected chi connectivity index (χ3v) is 3.19. The van der Waals surface area contributed by atoms with E-state index < -0.39 is 17.6 Å². The van der Waals surface area contributed by atoms with Crippen molar-refractivity contribution in [2.45, 2.75) is 6.42 Å². The van der Waals surface area contributed by atoms with E-state index in [0.29, 0.717) is 0 Å². The van der Waals surface area contributed by atoms with Crippen molar-refractivity contribution in [3.05, 3.63) is 64.9 Å². The molecule has 2 amide bonds. The molecule has 7 heteroatoms. The van der Waals surface area contributed by atoms with Gasteiger partial charge in [0.15, 0.2) is 11.6 Å². The summed E-state index contributed by atoms with van der Waals surface area (Å²) in [7, 11) is 0. The molecule has 120 valence electrons. The fourth-order valence-corrected chi connectivity index (χ4v) is 1.94. The van der Waals surface area contributed by atoms with Crippen molar-refractivity contribution in [1.82, 2.24) is 10.9 Å². The Bertz CT molecular complexity index is 709. The first-order valence-electron chi connectivity index (χ1n) is 6.79. The van der Waals surface area contributed by atoms with E-state index in [0.717, 1.165) is 0 Å². The molecule has 2 N–H and O–H groups in total. The number of benzene rings is 2. The maximum atomic E-state index is 13.3. The lowest BCUT2D eigenvalue weighted by atomic mass is 10.2. The van der Waals surface area contributed by atoms with Gasteiger partial charge in [0, 0.05) is 0 Å². The van der Waals surface area contributed by atoms with Crippen molar-refractivity contribution >= 4 is 23.4 Å². The van der Waals surface area contributed by atoms with Crippen molar-refractivity contribution < 1.29 is 18.7 Å². The number of carbonyl (C=O) groups is 2. The first kappa shape index (κ1) is 16.8. The summed E-state index contributed by atoms with van der Waals surface area (Å²) in [5.74, 6) is -1.43. The molecule has 5 nitrogen and oxygen atoms in total. The minimum Gasteiger partial charge on any atom is -0.490 e. The molecule has 0 bridgehead atoms. The quantitative estimate of drug-likeness (QED) is 0.825. The summed E-state index contributed by atoms with van der Waals surface area (Å²) in [6.45, 7) is -0.0191. The van der Waals surface area contributed by atoms with E-state index in [4.69, 9.17) is 16.3 Å². The molecule has 0 aromatic heterocycles. The monoisotopic (exact) mass is 336 g/mol. The van der Waals surface area contributed by atoms with Crippen LogP contribution in [0.3, 0.4) is 0 Å². The number of hydrogen-bond acceptors (Lipinski definition) is 3. The highest BCUT2D eigenvalue weighted by Crippen LogP contribution is 2.15. The van der Waals surface area contributed by atoms with Crippen LogP contribution >= 0.6 is 11.6 Å². The van der Waals surface area contributed by atoms with E-state index in [2.05, 4.69) is 10.9 Å². The number of hydrazine groups is 1. The lowest BCUT2D eigenvalue weighted by molar-refractivity contribution is -0.122. The largest absolute Gasteiger partial charge is 0.490 e. The number of halogens is 2. The van der Waals surface area contributed by atoms with Gasteiger partial charge in [-0.05, 0) is 24.3 Å². The Morgan fingerprint density at radius 3 is 2.48 bits per heavy atom. The molecule has 0 radical (unpaired) electrons. The van der Waals surface area contributed by atoms with Crippen LogP contribution in [0, 0.1) is 5.82 Å². The lowest BCUT2D eigenvalue weighted by Crippen LogP contribution is -2.42. The Morgan fingerprint density at radius 2 is 1.74 bits per heavy atom. The van der Waals surface area contributed by atoms with Gasteiger partial charge in [-0.15, -0.1) is 0 Å². The second kappa shape index (κ2) is 8.14. The minimum absolute atomic E-state index is 0.0191. The van der Waals surface area contributed by atoms with Crippen molar-refractivity contribution in [2.75, 3.05) is 6.61 Å². The first-order valence-corrected chi connectivity index (χ1v) is 7.17. The molecule has 23 heavy (non-hydrogen) atoms. The summed E-state index contributed by atoms with van der Waals surface area (Å²) >= 11 is 5.87. The van der Waals surface area contributed by atoms with Crippen molar-refractivity contribution in [3.63, 3.8) is 0 Å². The minimum atomic E-state index is -0.529. The number of hydrogen-bond donors (Lipinski definition) is 2. The molecule has 0 fully saturated rings. The molecule has 0 unspecified atom stereocenters. The van der Waals surface area contributed by atoms with Crippen LogP contribution in [0.15, 0.2) is 48.5 Å². The number of nitrogens with one attached hydrogen (secondary N) is 2. The summed E-state index contributed by atoms with van der Waals surface area (Å²) in [6, 6.07) is 12.3. The van der Waals surface area contributed by atoms with Gasteiger partial charge in [0.1, 0.15) is 0 Å². The van der Waals surface area contributed by atoms with Gasteiger partial charge in [0.05, 0.1) is 23.6 Å². The molecule has 0 saturated heterocycles. The molecule has 2 aromatic rings. The molecular weight excluding hydrogens is 323 g/mol. The van der Waals surface area contributed by atoms with E-state index in [-0.39, 0.29) is 29.4 Å². The van der Waals surface area contributed by atoms with E-state index in [9.17, 15) is 14.0 Å². The van der Waals surface area contributed by atoms with Gasteiger partial charge in [0.2, 0.25) is 5.91 Å². The van der Waals surface area contributed by atoms with Crippen LogP contribution in [0.2, 0.25) is 5.02 Å². The van der Waals surface area contributed by atoms with Gasteiger partial charge in [-0.1, -0.05) is 35.9 Å². The Hall–Kier alpha value is -2.60. The van der Waals surface area contributed by atoms with Crippen LogP contribution in [0.25, 0.3) is 0 Å². The second-order valence-corrected chi connectivity index (χ2v) is 4.92. The average Bonchev–Trinajstić information content (AvgIpc) is 2.55. The Labute approximate surface area is 137 Å². The molecule has 2 rings (SSSR count). The van der Waals surface area contributed by atoms with E-state index in [1.165, 1.54) is 18.2 Å². The maximum absolute atomic E-state index is 13.3. The third-order valence-electron chi connectivity index (χ3n) is 2.86. The maximum Gasteiger partial charge on any atom is 0.271 e. The Kier molecular flexibility index (Phi) is 5.94. The molecule has 0 saturated carbocycles. The zero-order valence-electron chi connectivity index (χ0n) is 12.0. The average molecular weight is 337 g/mol. The number of rotatable bonds is 5. The van der Waals surface area contributed by atoms with E-state index in [1.807, 2.05) is 0 Å². The fraction of sp³-hybridized carbons (Fsp3) is 0.125. The summed E-state index contributed by atoms with van der Waals surface area (Å²) in [6.07, 6.45) is -0.0445. The second-order valence-electron chi connectivity index (χ2n) is 4.51. The molecule has 0 aliphatic rings. The van der Waals surface area contributed by atoms with Crippen molar-refractivity contribution in [2.24, 2.45) is 0 Å². The summed E-state index contributed by atoms with van der Waals surface area (Å²) in [5.41, 5.74) is 4.73. The van der Waals surface area contributed by atoms with Crippen LogP contribution < -0.4 is 15.6 Å². The van der Waals surface area contributed by atoms with Gasteiger partial charge in [-0.3, -0.25) is 20.4 Å². The molecule has 0 aliphatic heterocycles. The Morgan fingerprint density at radius 1 is 1.04 bits per heavy atom. The first-order chi connectivity index (χ1) is 11.1. The zero-order chi connectivity index (χ0) is 16.7. The summed E-state index contributed by atoms with van der Waals surface area (Å²) < 4.78 is 18.4. The van der Waals surface area contributed by atoms with Crippen LogP contribution in [-0.4, -0.2) is 18.4 Å². The van der Waals surface area contributed by atoms with Gasteiger partial charge >= 0.3 is 0 Å². The van der Waals surface area contributed by atoms with Crippen molar-refractivity contribution in [1.29, 1.82) is 0 Å². The van der Waals surface area contributed by atoms with Gasteiger partial charge in [-0.2, -0.15) is 0 Å². The highest BCUT2D eigenvalue weighted by atomic mass is 35.5. The van der Waals surface area contributed by atoms with Crippen LogP contribution in [0.4, 0.5) is 4.39 Å². The number of amides is 2. The number of carbonyl (C=O) groups excluding carboxylic acids is 2. The number of para-hydroxylation sites is 1. The smallest absolute Gasteiger partial charge is 0.271 e. The predicted octanol–water partition coefficient (Wildman–Crippen LogP) is 2.71. The number of ether oxygens (including phenoxy) is 1. The molecule has 0 heterocycles. The summed E-state index contributed by atoms with van der Waals surface area (Å²) in [5, 5.41) is 0.280. The van der Waals surface area contributed by atoms with E-state index in [1.54, 1.807) is 30.3 Å². The topological polar surface area (TPSA) is 67.4 Å². The van der Waals surface area contributed by atoms with Crippen LogP contribution in [-0.2, 0) is 4.79 Å². The highest BCUT2D eigenvalue weighted by molar-refractivity contribution is 6.33. The summed E-state index contributed by atoms with van der Waals surface area (Å²) in [4.78, 5) is 23.4. The molecule has 2 aromatic carbocycles. The van der Waals surface area contributed by atoms with E-state index >= 15 is 0 Å². The highest BCUT2D eigenvalue weighted by Gasteiger charge is 2.10. The molecule has 0 atom stereocenters. The van der Waals surface area contributed by atoms with Crippen molar-refractivity contribution in [3.8, 4) is 5.75 Å². The fourth-order valence-electron chi connectivity index (χ4n) is 1.72. The molecule has 0 aliphatic carbocycles.